The van der Waals surface area contributed by atoms with Crippen LogP contribution in [0, 0.1) is 6.92 Å². The molecule has 0 fully saturated rings. The van der Waals surface area contributed by atoms with Gasteiger partial charge in [-0.05, 0) is 19.4 Å². The zero-order chi connectivity index (χ0) is 14.0. The summed E-state index contributed by atoms with van der Waals surface area (Å²) in [7, 11) is 0. The lowest BCUT2D eigenvalue weighted by molar-refractivity contribution is 0.112. The van der Waals surface area contributed by atoms with Gasteiger partial charge in [0.15, 0.2) is 6.29 Å². The Balaban J connectivity index is 2.60. The van der Waals surface area contributed by atoms with Gasteiger partial charge in [0.05, 0.1) is 23.4 Å². The second kappa shape index (κ2) is 5.50. The van der Waals surface area contributed by atoms with Gasteiger partial charge in [-0.25, -0.2) is 4.79 Å². The van der Waals surface area contributed by atoms with Crippen molar-refractivity contribution in [1.82, 2.24) is 9.55 Å². The lowest BCUT2D eigenvalue weighted by atomic mass is 10.2. The molecule has 2 heterocycles. The molecule has 0 amide bonds. The highest BCUT2D eigenvalue weighted by Gasteiger charge is 2.15. The van der Waals surface area contributed by atoms with E-state index in [4.69, 9.17) is 4.74 Å². The number of rotatable bonds is 5. The molecule has 0 aliphatic carbocycles. The van der Waals surface area contributed by atoms with Crippen molar-refractivity contribution in [2.45, 2.75) is 20.4 Å². The highest BCUT2D eigenvalue weighted by molar-refractivity contribution is 7.20. The number of aryl methyl sites for hydroxylation is 1. The summed E-state index contributed by atoms with van der Waals surface area (Å²) in [5.41, 5.74) is -0.238. The first-order chi connectivity index (χ1) is 9.10. The molecule has 0 aromatic carbocycles. The van der Waals surface area contributed by atoms with Crippen LogP contribution in [0.4, 0.5) is 0 Å². The number of thiophene rings is 1. The molecule has 0 radical (unpaired) electrons. The molecule has 2 aromatic heterocycles. The van der Waals surface area contributed by atoms with Crippen molar-refractivity contribution in [2.75, 3.05) is 13.2 Å². The van der Waals surface area contributed by atoms with Crippen molar-refractivity contribution in [3.8, 4) is 0 Å². The quantitative estimate of drug-likeness (QED) is 0.653. The van der Waals surface area contributed by atoms with E-state index in [1.807, 2.05) is 6.92 Å². The summed E-state index contributed by atoms with van der Waals surface area (Å²) in [5.74, 6) is 0. The van der Waals surface area contributed by atoms with Crippen molar-refractivity contribution in [2.24, 2.45) is 0 Å². The highest BCUT2D eigenvalue weighted by Crippen LogP contribution is 2.24. The lowest BCUT2D eigenvalue weighted by Gasteiger charge is -2.04. The molecule has 2 aromatic rings. The minimum atomic E-state index is -0.476. The SMILES string of the molecule is CCOCCn1c(=O)[nH]c2sc(C=O)c(C)c2c1=O. The van der Waals surface area contributed by atoms with Crippen molar-refractivity contribution in [3.05, 3.63) is 31.3 Å². The van der Waals surface area contributed by atoms with Crippen molar-refractivity contribution >= 4 is 27.8 Å². The zero-order valence-corrected chi connectivity index (χ0v) is 11.5. The summed E-state index contributed by atoms with van der Waals surface area (Å²) in [4.78, 5) is 38.5. The molecule has 0 spiro atoms. The largest absolute Gasteiger partial charge is 0.380 e. The average Bonchev–Trinajstić information content (AvgIpc) is 2.70. The monoisotopic (exact) mass is 282 g/mol. The average molecular weight is 282 g/mol. The molecule has 0 saturated carbocycles. The van der Waals surface area contributed by atoms with Gasteiger partial charge in [0, 0.05) is 6.61 Å². The van der Waals surface area contributed by atoms with E-state index in [1.165, 1.54) is 0 Å². The Bertz CT molecular complexity index is 726. The summed E-state index contributed by atoms with van der Waals surface area (Å²) < 4.78 is 6.25. The van der Waals surface area contributed by atoms with Crippen LogP contribution in [-0.4, -0.2) is 29.1 Å². The fourth-order valence-corrected chi connectivity index (χ4v) is 2.89. The molecule has 6 nitrogen and oxygen atoms in total. The predicted octanol–water partition coefficient (Wildman–Crippen LogP) is 0.909. The number of nitrogens with zero attached hydrogens (tertiary/aromatic N) is 1. The van der Waals surface area contributed by atoms with Crippen LogP contribution in [0.15, 0.2) is 9.59 Å². The number of hydrogen-bond donors (Lipinski definition) is 1. The smallest absolute Gasteiger partial charge is 0.329 e. The van der Waals surface area contributed by atoms with E-state index in [0.717, 1.165) is 15.9 Å². The molecule has 0 unspecified atom stereocenters. The summed E-state index contributed by atoms with van der Waals surface area (Å²) in [5, 5.41) is 0.406. The second-order valence-electron chi connectivity index (χ2n) is 4.00. The Hall–Kier alpha value is -1.73. The van der Waals surface area contributed by atoms with Crippen molar-refractivity contribution in [3.63, 3.8) is 0 Å². The number of H-pyrrole nitrogens is 1. The first kappa shape index (κ1) is 13.7. The van der Waals surface area contributed by atoms with Crippen LogP contribution in [0.2, 0.25) is 0 Å². The maximum atomic E-state index is 12.3. The molecule has 2 rings (SSSR count). The Morgan fingerprint density at radius 2 is 2.16 bits per heavy atom. The highest BCUT2D eigenvalue weighted by atomic mass is 32.1. The van der Waals surface area contributed by atoms with Crippen LogP contribution in [0.25, 0.3) is 10.2 Å². The molecular weight excluding hydrogens is 268 g/mol. The molecule has 19 heavy (non-hydrogen) atoms. The number of aldehydes is 1. The maximum Gasteiger partial charge on any atom is 0.329 e. The van der Waals surface area contributed by atoms with Crippen molar-refractivity contribution < 1.29 is 9.53 Å². The number of nitrogens with one attached hydrogen (secondary N) is 1. The van der Waals surface area contributed by atoms with Crippen LogP contribution in [0.1, 0.15) is 22.2 Å². The maximum absolute atomic E-state index is 12.3. The minimum Gasteiger partial charge on any atom is -0.380 e. The standard InChI is InChI=1S/C12H14N2O4S/c1-3-18-5-4-14-11(16)9-7(2)8(6-15)19-10(9)13-12(14)17/h6H,3-5H2,1-2H3,(H,13,17). The summed E-state index contributed by atoms with van der Waals surface area (Å²) in [6, 6.07) is 0. The number of ether oxygens (including phenoxy) is 1. The number of hydrogen-bond acceptors (Lipinski definition) is 5. The van der Waals surface area contributed by atoms with E-state index in [9.17, 15) is 14.4 Å². The third kappa shape index (κ3) is 2.39. The predicted molar refractivity (Wildman–Crippen MR) is 73.3 cm³/mol. The van der Waals surface area contributed by atoms with E-state index in [0.29, 0.717) is 40.2 Å². The molecular formula is C12H14N2O4S. The van der Waals surface area contributed by atoms with Gasteiger partial charge in [-0.15, -0.1) is 11.3 Å². The van der Waals surface area contributed by atoms with Crippen LogP contribution in [-0.2, 0) is 11.3 Å². The minimum absolute atomic E-state index is 0.198. The summed E-state index contributed by atoms with van der Waals surface area (Å²) in [6.07, 6.45) is 0.697. The number of aromatic nitrogens is 2. The van der Waals surface area contributed by atoms with Crippen LogP contribution in [0.3, 0.4) is 0 Å². The topological polar surface area (TPSA) is 81.2 Å². The normalized spacial score (nSPS) is 11.1. The molecule has 102 valence electrons. The Labute approximate surface area is 112 Å². The third-order valence-electron chi connectivity index (χ3n) is 2.88. The molecule has 0 bridgehead atoms. The third-order valence-corrected chi connectivity index (χ3v) is 4.01. The Kier molecular flexibility index (Phi) is 3.96. The van der Waals surface area contributed by atoms with Crippen LogP contribution >= 0.6 is 11.3 Å². The van der Waals surface area contributed by atoms with E-state index in [2.05, 4.69) is 4.98 Å². The van der Waals surface area contributed by atoms with Gasteiger partial charge in [-0.3, -0.25) is 19.1 Å². The zero-order valence-electron chi connectivity index (χ0n) is 10.7. The van der Waals surface area contributed by atoms with Gasteiger partial charge in [0.1, 0.15) is 4.83 Å². The van der Waals surface area contributed by atoms with Crippen LogP contribution in [0.5, 0.6) is 0 Å². The number of aromatic amines is 1. The van der Waals surface area contributed by atoms with Gasteiger partial charge >= 0.3 is 5.69 Å². The van der Waals surface area contributed by atoms with E-state index >= 15 is 0 Å². The fourth-order valence-electron chi connectivity index (χ4n) is 1.88. The first-order valence-corrected chi connectivity index (χ1v) is 6.71. The number of carbonyl (C=O) groups is 1. The van der Waals surface area contributed by atoms with Crippen molar-refractivity contribution in [1.29, 1.82) is 0 Å². The molecule has 7 heteroatoms. The lowest BCUT2D eigenvalue weighted by Crippen LogP contribution is -2.36. The fraction of sp³-hybridized carbons (Fsp3) is 0.417. The van der Waals surface area contributed by atoms with Gasteiger partial charge in [-0.2, -0.15) is 0 Å². The van der Waals surface area contributed by atoms with Gasteiger partial charge in [-0.1, -0.05) is 0 Å². The summed E-state index contributed by atoms with van der Waals surface area (Å²) >= 11 is 1.12. The van der Waals surface area contributed by atoms with E-state index < -0.39 is 5.69 Å². The molecule has 0 saturated heterocycles. The molecule has 1 N–H and O–H groups in total. The Morgan fingerprint density at radius 1 is 1.42 bits per heavy atom. The first-order valence-electron chi connectivity index (χ1n) is 5.89. The van der Waals surface area contributed by atoms with Crippen LogP contribution < -0.4 is 11.2 Å². The number of fused-ring (bicyclic) bond motifs is 1. The molecule has 0 aliphatic heterocycles. The van der Waals surface area contributed by atoms with E-state index in [1.54, 1.807) is 6.92 Å². The summed E-state index contributed by atoms with van der Waals surface area (Å²) in [6.45, 7) is 4.57. The van der Waals surface area contributed by atoms with Gasteiger partial charge < -0.3 is 4.74 Å². The van der Waals surface area contributed by atoms with Gasteiger partial charge in [0.25, 0.3) is 5.56 Å². The second-order valence-corrected chi connectivity index (χ2v) is 5.05. The Morgan fingerprint density at radius 3 is 2.79 bits per heavy atom. The molecule has 0 aliphatic rings. The van der Waals surface area contributed by atoms with Gasteiger partial charge in [0.2, 0.25) is 0 Å². The molecule has 0 atom stereocenters. The van der Waals surface area contributed by atoms with E-state index in [-0.39, 0.29) is 12.1 Å². The number of carbonyl (C=O) groups excluding carboxylic acids is 1.